The van der Waals surface area contributed by atoms with Gasteiger partial charge in [0.25, 0.3) is 5.91 Å². The Bertz CT molecular complexity index is 601. The molecular weight excluding hydrogens is 296 g/mol. The van der Waals surface area contributed by atoms with Gasteiger partial charge in [0.15, 0.2) is 5.69 Å². The number of methoxy groups -OCH3 is 1. The maximum atomic E-state index is 12.0. The quantitative estimate of drug-likeness (QED) is 0.888. The molecule has 0 aliphatic heterocycles. The van der Waals surface area contributed by atoms with Gasteiger partial charge in [-0.1, -0.05) is 16.8 Å². The number of hydrogen-bond acceptors (Lipinski definition) is 5. The standard InChI is InChI=1S/C14H15ClN2O4/c1-9(8-19-2)21-13-4-3-10(15)7-12(13)16-14(18)11-5-6-20-17-11/h3-7,9H,8H2,1-2H3,(H,16,18). The third-order valence-corrected chi connectivity index (χ3v) is 2.82. The first-order valence-corrected chi connectivity index (χ1v) is 6.65. The highest BCUT2D eigenvalue weighted by Gasteiger charge is 2.14. The van der Waals surface area contributed by atoms with Gasteiger partial charge in [-0.2, -0.15) is 0 Å². The Morgan fingerprint density at radius 2 is 2.29 bits per heavy atom. The fraction of sp³-hybridized carbons (Fsp3) is 0.286. The third kappa shape index (κ3) is 4.21. The van der Waals surface area contributed by atoms with E-state index in [4.69, 9.17) is 21.1 Å². The minimum Gasteiger partial charge on any atom is -0.486 e. The number of carbonyl (C=O) groups excluding carboxylic acids is 1. The molecule has 0 spiro atoms. The number of carbonyl (C=O) groups is 1. The van der Waals surface area contributed by atoms with Crippen LogP contribution in [0.5, 0.6) is 5.75 Å². The number of nitrogens with one attached hydrogen (secondary N) is 1. The lowest BCUT2D eigenvalue weighted by Crippen LogP contribution is -2.20. The number of ether oxygens (including phenoxy) is 2. The highest BCUT2D eigenvalue weighted by atomic mass is 35.5. The van der Waals surface area contributed by atoms with Crippen LogP contribution < -0.4 is 10.1 Å². The fourth-order valence-electron chi connectivity index (χ4n) is 1.70. The van der Waals surface area contributed by atoms with E-state index in [0.29, 0.717) is 23.1 Å². The van der Waals surface area contributed by atoms with Crippen molar-refractivity contribution in [2.75, 3.05) is 19.0 Å². The summed E-state index contributed by atoms with van der Waals surface area (Å²) < 4.78 is 15.4. The van der Waals surface area contributed by atoms with Gasteiger partial charge in [-0.25, -0.2) is 0 Å². The Kier molecular flexibility index (Phi) is 5.19. The van der Waals surface area contributed by atoms with Crippen molar-refractivity contribution >= 4 is 23.2 Å². The fourth-order valence-corrected chi connectivity index (χ4v) is 1.88. The lowest BCUT2D eigenvalue weighted by atomic mass is 10.2. The average molecular weight is 311 g/mol. The maximum absolute atomic E-state index is 12.0. The molecule has 6 nitrogen and oxygen atoms in total. The van der Waals surface area contributed by atoms with Crippen LogP contribution in [0.4, 0.5) is 5.69 Å². The third-order valence-electron chi connectivity index (χ3n) is 2.59. The summed E-state index contributed by atoms with van der Waals surface area (Å²) in [7, 11) is 1.59. The Hall–Kier alpha value is -2.05. The molecule has 0 fully saturated rings. The number of hydrogen-bond donors (Lipinski definition) is 1. The largest absolute Gasteiger partial charge is 0.486 e. The van der Waals surface area contributed by atoms with Crippen molar-refractivity contribution in [1.29, 1.82) is 0 Å². The van der Waals surface area contributed by atoms with Crippen LogP contribution in [-0.4, -0.2) is 30.9 Å². The number of aromatic nitrogens is 1. The van der Waals surface area contributed by atoms with Crippen molar-refractivity contribution in [3.63, 3.8) is 0 Å². The molecule has 1 amide bonds. The molecular formula is C14H15ClN2O4. The summed E-state index contributed by atoms with van der Waals surface area (Å²) in [5.41, 5.74) is 0.629. The van der Waals surface area contributed by atoms with Crippen LogP contribution in [0.2, 0.25) is 5.02 Å². The Labute approximate surface area is 127 Å². The van der Waals surface area contributed by atoms with E-state index in [1.165, 1.54) is 12.3 Å². The molecule has 1 unspecified atom stereocenters. The SMILES string of the molecule is COCC(C)Oc1ccc(Cl)cc1NC(=O)c1ccon1. The van der Waals surface area contributed by atoms with Crippen LogP contribution in [0.25, 0.3) is 0 Å². The maximum Gasteiger partial charge on any atom is 0.277 e. The van der Waals surface area contributed by atoms with E-state index in [1.54, 1.807) is 25.3 Å². The molecule has 112 valence electrons. The predicted octanol–water partition coefficient (Wildman–Crippen LogP) is 2.99. The number of anilines is 1. The summed E-state index contributed by atoms with van der Waals surface area (Å²) in [6.45, 7) is 2.29. The van der Waals surface area contributed by atoms with Crippen LogP contribution in [0, 0.1) is 0 Å². The zero-order valence-corrected chi connectivity index (χ0v) is 12.4. The van der Waals surface area contributed by atoms with E-state index in [1.807, 2.05) is 6.92 Å². The molecule has 1 aromatic carbocycles. The second-order valence-corrected chi connectivity index (χ2v) is 4.80. The topological polar surface area (TPSA) is 73.6 Å². The van der Waals surface area contributed by atoms with Gasteiger partial charge in [0.1, 0.15) is 18.1 Å². The number of rotatable bonds is 6. The highest BCUT2D eigenvalue weighted by Crippen LogP contribution is 2.29. The Morgan fingerprint density at radius 1 is 1.48 bits per heavy atom. The zero-order chi connectivity index (χ0) is 15.2. The van der Waals surface area contributed by atoms with Gasteiger partial charge in [-0.05, 0) is 25.1 Å². The predicted molar refractivity (Wildman–Crippen MR) is 77.9 cm³/mol. The summed E-state index contributed by atoms with van der Waals surface area (Å²) >= 11 is 5.96. The van der Waals surface area contributed by atoms with Crippen LogP contribution >= 0.6 is 11.6 Å². The summed E-state index contributed by atoms with van der Waals surface area (Å²) in [5.74, 6) is 0.0936. The van der Waals surface area contributed by atoms with Crippen LogP contribution in [0.15, 0.2) is 35.1 Å². The first-order valence-electron chi connectivity index (χ1n) is 6.27. The van der Waals surface area contributed by atoms with E-state index in [9.17, 15) is 4.79 Å². The summed E-state index contributed by atoms with van der Waals surface area (Å²) in [6.07, 6.45) is 1.16. The minimum absolute atomic E-state index is 0.168. The molecule has 1 N–H and O–H groups in total. The van der Waals surface area contributed by atoms with Crippen molar-refractivity contribution in [2.45, 2.75) is 13.0 Å². The highest BCUT2D eigenvalue weighted by molar-refractivity contribution is 6.31. The van der Waals surface area contributed by atoms with Gasteiger partial charge in [0.2, 0.25) is 0 Å². The number of benzene rings is 1. The molecule has 0 bridgehead atoms. The van der Waals surface area contributed by atoms with Crippen LogP contribution in [-0.2, 0) is 4.74 Å². The molecule has 7 heteroatoms. The second kappa shape index (κ2) is 7.10. The van der Waals surface area contributed by atoms with Crippen molar-refractivity contribution in [2.24, 2.45) is 0 Å². The first-order chi connectivity index (χ1) is 10.1. The summed E-state index contributed by atoms with van der Waals surface area (Å²) in [4.78, 5) is 12.0. The van der Waals surface area contributed by atoms with Crippen molar-refractivity contribution in [3.8, 4) is 5.75 Å². The summed E-state index contributed by atoms with van der Waals surface area (Å²) in [5, 5.41) is 6.75. The molecule has 1 heterocycles. The number of nitrogens with zero attached hydrogens (tertiary/aromatic N) is 1. The van der Waals surface area contributed by atoms with Gasteiger partial charge < -0.3 is 19.3 Å². The van der Waals surface area contributed by atoms with E-state index < -0.39 is 5.91 Å². The molecule has 0 radical (unpaired) electrons. The number of halogens is 1. The normalized spacial score (nSPS) is 12.0. The zero-order valence-electron chi connectivity index (χ0n) is 11.6. The monoisotopic (exact) mass is 310 g/mol. The van der Waals surface area contributed by atoms with E-state index in [0.717, 1.165) is 0 Å². The molecule has 0 saturated heterocycles. The molecule has 1 aromatic heterocycles. The second-order valence-electron chi connectivity index (χ2n) is 4.36. The molecule has 0 aliphatic rings. The summed E-state index contributed by atoms with van der Waals surface area (Å²) in [6, 6.07) is 6.44. The van der Waals surface area contributed by atoms with Crippen LogP contribution in [0.3, 0.4) is 0 Å². The molecule has 2 rings (SSSR count). The first kappa shape index (κ1) is 15.3. The Balaban J connectivity index is 2.17. The smallest absolute Gasteiger partial charge is 0.277 e. The molecule has 0 saturated carbocycles. The van der Waals surface area contributed by atoms with Crippen molar-refractivity contribution < 1.29 is 18.8 Å². The van der Waals surface area contributed by atoms with Gasteiger partial charge in [0, 0.05) is 18.2 Å². The average Bonchev–Trinajstić information content (AvgIpc) is 2.96. The lowest BCUT2D eigenvalue weighted by Gasteiger charge is -2.17. The number of amides is 1. The van der Waals surface area contributed by atoms with E-state index in [-0.39, 0.29) is 11.8 Å². The van der Waals surface area contributed by atoms with E-state index >= 15 is 0 Å². The molecule has 2 aromatic rings. The van der Waals surface area contributed by atoms with Gasteiger partial charge in [-0.3, -0.25) is 4.79 Å². The Morgan fingerprint density at radius 3 is 2.95 bits per heavy atom. The van der Waals surface area contributed by atoms with Crippen LogP contribution in [0.1, 0.15) is 17.4 Å². The van der Waals surface area contributed by atoms with Crippen molar-refractivity contribution in [1.82, 2.24) is 5.16 Å². The van der Waals surface area contributed by atoms with Gasteiger partial charge in [-0.15, -0.1) is 0 Å². The van der Waals surface area contributed by atoms with Gasteiger partial charge >= 0.3 is 0 Å². The lowest BCUT2D eigenvalue weighted by molar-refractivity contribution is 0.0921. The molecule has 0 aliphatic carbocycles. The van der Waals surface area contributed by atoms with E-state index in [2.05, 4.69) is 15.0 Å². The molecule has 21 heavy (non-hydrogen) atoms. The molecule has 1 atom stereocenters. The van der Waals surface area contributed by atoms with Crippen molar-refractivity contribution in [3.05, 3.63) is 41.2 Å². The minimum atomic E-state index is -0.407. The van der Waals surface area contributed by atoms with Gasteiger partial charge in [0.05, 0.1) is 12.3 Å².